The van der Waals surface area contributed by atoms with Crippen molar-refractivity contribution < 1.29 is 0 Å². The molecule has 0 saturated carbocycles. The summed E-state index contributed by atoms with van der Waals surface area (Å²) in [6, 6.07) is 37.1. The summed E-state index contributed by atoms with van der Waals surface area (Å²) in [4.78, 5) is 0. The molecule has 2 aromatic heterocycles. The smallest absolute Gasteiger partial charge is 0.0991 e. The van der Waals surface area contributed by atoms with Crippen molar-refractivity contribution in [3.63, 3.8) is 0 Å². The van der Waals surface area contributed by atoms with Crippen LogP contribution in [0.4, 0.5) is 0 Å². The first kappa shape index (κ1) is 28.1. The van der Waals surface area contributed by atoms with Crippen molar-refractivity contribution in [2.45, 2.75) is 31.6 Å². The zero-order chi connectivity index (χ0) is 32.2. The lowest BCUT2D eigenvalue weighted by atomic mass is 9.81. The van der Waals surface area contributed by atoms with E-state index in [0.29, 0.717) is 5.56 Å². The number of nitrogens with zero attached hydrogens (tertiary/aromatic N) is 4. The molecule has 2 heterocycles. The summed E-state index contributed by atoms with van der Waals surface area (Å²) in [5, 5.41) is 22.7. The Bertz CT molecular complexity index is 2480. The molecule has 4 nitrogen and oxygen atoms in total. The van der Waals surface area contributed by atoms with Gasteiger partial charge >= 0.3 is 0 Å². The van der Waals surface area contributed by atoms with Gasteiger partial charge in [-0.2, -0.15) is 10.5 Å². The molecule has 0 radical (unpaired) electrons. The Labute approximate surface area is 280 Å². The van der Waals surface area contributed by atoms with E-state index in [4.69, 9.17) is 0 Å². The number of hydrogen-bond donors (Lipinski definition) is 0. The van der Waals surface area contributed by atoms with Crippen LogP contribution in [0.15, 0.2) is 121 Å². The second-order valence-corrected chi connectivity index (χ2v) is 12.9. The normalized spacial score (nSPS) is 17.9. The van der Waals surface area contributed by atoms with Crippen LogP contribution < -0.4 is 0 Å². The van der Waals surface area contributed by atoms with Crippen molar-refractivity contribution in [3.05, 3.63) is 155 Å². The maximum absolute atomic E-state index is 10.7. The van der Waals surface area contributed by atoms with Gasteiger partial charge in [0.25, 0.3) is 0 Å². The molecule has 6 aromatic rings. The lowest BCUT2D eigenvalue weighted by Crippen LogP contribution is -2.18. The summed E-state index contributed by atoms with van der Waals surface area (Å²) < 4.78 is 4.72. The van der Waals surface area contributed by atoms with Crippen LogP contribution in [0, 0.1) is 28.6 Å². The van der Waals surface area contributed by atoms with Crippen molar-refractivity contribution in [2.75, 3.05) is 0 Å². The van der Waals surface area contributed by atoms with Gasteiger partial charge in [-0.05, 0) is 84.9 Å². The van der Waals surface area contributed by atoms with Crippen LogP contribution in [0.25, 0.3) is 56.5 Å². The van der Waals surface area contributed by atoms with Gasteiger partial charge in [0.1, 0.15) is 0 Å². The predicted molar refractivity (Wildman–Crippen MR) is 195 cm³/mol. The standard InChI is InChI=1S/C44H32N4/c45-27-29-20-25-44-37(26-29)36-13-4-8-18-42(36)48(44)43-19-9-14-32(38(43)28-46)30-21-23-31(24-22-30)33-10-1-5-15-39(33)47-40-16-6-2-11-34(40)35-12-3-7-17-41(35)47/h1-3,5-6,8-12,14-16,18-26,32,38H,4,7,13,17H2. The number of para-hydroxylation sites is 2. The van der Waals surface area contributed by atoms with Crippen molar-refractivity contribution in [1.29, 1.82) is 10.5 Å². The minimum Gasteiger partial charge on any atom is -0.312 e. The quantitative estimate of drug-likeness (QED) is 0.198. The van der Waals surface area contributed by atoms with E-state index in [1.165, 1.54) is 39.0 Å². The Morgan fingerprint density at radius 2 is 1.52 bits per heavy atom. The van der Waals surface area contributed by atoms with Crippen LogP contribution in [-0.2, 0) is 12.8 Å². The van der Waals surface area contributed by atoms with Gasteiger partial charge in [-0.25, -0.2) is 0 Å². The molecule has 4 aromatic carbocycles. The molecule has 9 rings (SSSR count). The molecule has 4 heteroatoms. The van der Waals surface area contributed by atoms with Gasteiger partial charge in [-0.15, -0.1) is 0 Å². The van der Waals surface area contributed by atoms with E-state index in [0.717, 1.165) is 59.1 Å². The highest BCUT2D eigenvalue weighted by Gasteiger charge is 2.31. The predicted octanol–water partition coefficient (Wildman–Crippen LogP) is 10.4. The topological polar surface area (TPSA) is 57.4 Å². The average Bonchev–Trinajstić information content (AvgIpc) is 3.67. The van der Waals surface area contributed by atoms with E-state index in [-0.39, 0.29) is 11.8 Å². The minimum absolute atomic E-state index is 0.0921. The number of hydrogen-bond acceptors (Lipinski definition) is 2. The highest BCUT2D eigenvalue weighted by molar-refractivity contribution is 5.95. The molecule has 0 spiro atoms. The van der Waals surface area contributed by atoms with Gasteiger partial charge in [0.2, 0.25) is 0 Å². The van der Waals surface area contributed by atoms with Crippen LogP contribution in [0.2, 0.25) is 0 Å². The first-order valence-corrected chi connectivity index (χ1v) is 16.8. The van der Waals surface area contributed by atoms with Gasteiger partial charge in [-0.3, -0.25) is 0 Å². The van der Waals surface area contributed by atoms with Gasteiger partial charge in [0.05, 0.1) is 40.3 Å². The van der Waals surface area contributed by atoms with Crippen LogP contribution in [0.3, 0.4) is 0 Å². The summed E-state index contributed by atoms with van der Waals surface area (Å²) in [6.45, 7) is 0. The summed E-state index contributed by atoms with van der Waals surface area (Å²) in [7, 11) is 0. The fraction of sp³-hybridized carbons (Fsp3) is 0.136. The fourth-order valence-corrected chi connectivity index (χ4v) is 8.16. The van der Waals surface area contributed by atoms with Crippen molar-refractivity contribution >= 4 is 39.7 Å². The first-order valence-electron chi connectivity index (χ1n) is 16.8. The maximum atomic E-state index is 10.7. The molecule has 0 aliphatic heterocycles. The number of aryl methyl sites for hydroxylation is 1. The van der Waals surface area contributed by atoms with Gasteiger partial charge in [0.15, 0.2) is 0 Å². The van der Waals surface area contributed by atoms with Gasteiger partial charge in [-0.1, -0.05) is 91.0 Å². The highest BCUT2D eigenvalue weighted by atomic mass is 15.0. The van der Waals surface area contributed by atoms with Crippen molar-refractivity contribution in [1.82, 2.24) is 9.13 Å². The maximum Gasteiger partial charge on any atom is 0.0991 e. The van der Waals surface area contributed by atoms with Crippen LogP contribution in [0.1, 0.15) is 52.4 Å². The monoisotopic (exact) mass is 616 g/mol. The Balaban J connectivity index is 1.10. The van der Waals surface area contributed by atoms with Gasteiger partial charge in [0, 0.05) is 44.9 Å². The third-order valence-corrected chi connectivity index (χ3v) is 10.3. The number of nitriles is 2. The molecule has 0 bridgehead atoms. The molecule has 0 fully saturated rings. The van der Waals surface area contributed by atoms with Gasteiger partial charge < -0.3 is 9.13 Å². The van der Waals surface area contributed by atoms with Crippen LogP contribution in [-0.4, -0.2) is 9.13 Å². The number of benzene rings is 4. The Hall–Kier alpha value is -6.10. The molecule has 0 saturated heterocycles. The first-order chi connectivity index (χ1) is 23.7. The molecule has 228 valence electrons. The number of rotatable bonds is 4. The second-order valence-electron chi connectivity index (χ2n) is 12.9. The van der Waals surface area contributed by atoms with E-state index in [1.807, 2.05) is 18.2 Å². The SMILES string of the molecule is N#Cc1ccc2c(c1)c1c(n2C2=CC=CC(c3ccc(-c4ccccc4-n4c5c(c6ccccc64)C=CCC5)cc3)C2C#N)C=CCC1. The zero-order valence-electron chi connectivity index (χ0n) is 26.5. The third-order valence-electron chi connectivity index (χ3n) is 10.3. The summed E-state index contributed by atoms with van der Waals surface area (Å²) in [5.74, 6) is -0.463. The minimum atomic E-state index is -0.371. The molecule has 2 atom stereocenters. The lowest BCUT2D eigenvalue weighted by Gasteiger charge is -2.27. The Morgan fingerprint density at radius 3 is 2.40 bits per heavy atom. The Kier molecular flexibility index (Phi) is 6.63. The number of fused-ring (bicyclic) bond motifs is 6. The number of aromatic nitrogens is 2. The molecule has 3 aliphatic rings. The van der Waals surface area contributed by atoms with Crippen molar-refractivity contribution in [3.8, 4) is 29.0 Å². The van der Waals surface area contributed by atoms with E-state index >= 15 is 0 Å². The molecule has 3 aliphatic carbocycles. The lowest BCUT2D eigenvalue weighted by molar-refractivity contribution is 0.699. The van der Waals surface area contributed by atoms with Crippen LogP contribution in [0.5, 0.6) is 0 Å². The summed E-state index contributed by atoms with van der Waals surface area (Å²) in [6.07, 6.45) is 19.3. The fourth-order valence-electron chi connectivity index (χ4n) is 8.16. The van der Waals surface area contributed by atoms with Crippen LogP contribution >= 0.6 is 0 Å². The third kappa shape index (κ3) is 4.27. The number of allylic oxidation sites excluding steroid dienone is 6. The second kappa shape index (κ2) is 11.3. The molecule has 0 amide bonds. The molecule has 0 N–H and O–H groups in total. The Morgan fingerprint density at radius 1 is 0.729 bits per heavy atom. The largest absolute Gasteiger partial charge is 0.312 e. The molecule has 2 unspecified atom stereocenters. The van der Waals surface area contributed by atoms with E-state index < -0.39 is 0 Å². The summed E-state index contributed by atoms with van der Waals surface area (Å²) >= 11 is 0. The molecular formula is C44H32N4. The molecule has 48 heavy (non-hydrogen) atoms. The zero-order valence-corrected chi connectivity index (χ0v) is 26.5. The highest BCUT2D eigenvalue weighted by Crippen LogP contribution is 2.43. The van der Waals surface area contributed by atoms with E-state index in [9.17, 15) is 10.5 Å². The summed E-state index contributed by atoms with van der Waals surface area (Å²) in [5.41, 5.74) is 13.6. The van der Waals surface area contributed by atoms with E-state index in [1.54, 1.807) is 0 Å². The average molecular weight is 617 g/mol. The van der Waals surface area contributed by atoms with Crippen molar-refractivity contribution in [2.24, 2.45) is 5.92 Å². The molecular weight excluding hydrogens is 585 g/mol. The van der Waals surface area contributed by atoms with E-state index in [2.05, 4.69) is 137 Å².